The van der Waals surface area contributed by atoms with Gasteiger partial charge in [-0.2, -0.15) is 0 Å². The van der Waals surface area contributed by atoms with Crippen LogP contribution in [0.5, 0.6) is 11.5 Å². The topological polar surface area (TPSA) is 116 Å². The third kappa shape index (κ3) is 2.65. The number of rotatable bonds is 4. The van der Waals surface area contributed by atoms with Crippen molar-refractivity contribution in [1.29, 1.82) is 0 Å². The van der Waals surface area contributed by atoms with Crippen molar-refractivity contribution in [1.82, 2.24) is 10.3 Å². The first-order valence-corrected chi connectivity index (χ1v) is 8.10. The van der Waals surface area contributed by atoms with Crippen LogP contribution < -0.4 is 30.7 Å². The first-order chi connectivity index (χ1) is 13.1. The Balaban J connectivity index is 1.80. The van der Waals surface area contributed by atoms with Gasteiger partial charge in [-0.1, -0.05) is 0 Å². The molecule has 9 nitrogen and oxygen atoms in total. The summed E-state index contributed by atoms with van der Waals surface area (Å²) in [5, 5.41) is 8.05. The van der Waals surface area contributed by atoms with Gasteiger partial charge >= 0.3 is 0 Å². The van der Waals surface area contributed by atoms with Crippen molar-refractivity contribution in [3.05, 3.63) is 60.2 Å². The average Bonchev–Trinajstić information content (AvgIpc) is 3.18. The minimum absolute atomic E-state index is 0.305. The maximum Gasteiger partial charge on any atom is 0.229 e. The molecule has 0 unspecified atom stereocenters. The third-order valence-corrected chi connectivity index (χ3v) is 4.28. The van der Waals surface area contributed by atoms with E-state index in [4.69, 9.17) is 25.6 Å². The molecule has 4 N–H and O–H groups in total. The number of methoxy groups -OCH3 is 2. The Hall–Kier alpha value is -3.88. The molecule has 0 atom stereocenters. The van der Waals surface area contributed by atoms with E-state index in [0.29, 0.717) is 23.3 Å². The van der Waals surface area contributed by atoms with Crippen molar-refractivity contribution < 1.29 is 14.1 Å². The summed E-state index contributed by atoms with van der Waals surface area (Å²) in [4.78, 5) is 3.36. The van der Waals surface area contributed by atoms with Crippen molar-refractivity contribution in [2.75, 3.05) is 24.0 Å². The van der Waals surface area contributed by atoms with Crippen LogP contribution in [0.25, 0.3) is 0 Å². The van der Waals surface area contributed by atoms with Crippen LogP contribution in [0.2, 0.25) is 0 Å². The highest BCUT2D eigenvalue weighted by molar-refractivity contribution is 5.83. The molecule has 0 amide bonds. The van der Waals surface area contributed by atoms with Gasteiger partial charge in [-0.15, -0.1) is 0 Å². The van der Waals surface area contributed by atoms with Gasteiger partial charge in [-0.05, 0) is 58.8 Å². The summed E-state index contributed by atoms with van der Waals surface area (Å²) >= 11 is 0. The predicted molar refractivity (Wildman–Crippen MR) is 100.0 cm³/mol. The molecule has 0 fully saturated rings. The largest absolute Gasteiger partial charge is 0.497 e. The van der Waals surface area contributed by atoms with Crippen LogP contribution in [0, 0.1) is 0 Å². The number of hydrogen-bond acceptors (Lipinski definition) is 9. The fourth-order valence-corrected chi connectivity index (χ4v) is 2.90. The molecule has 3 aromatic rings. The zero-order valence-corrected chi connectivity index (χ0v) is 14.8. The average molecular weight is 366 g/mol. The predicted octanol–water partition coefficient (Wildman–Crippen LogP) is 2.42. The lowest BCUT2D eigenvalue weighted by Crippen LogP contribution is -2.38. The van der Waals surface area contributed by atoms with Crippen LogP contribution in [-0.4, -0.2) is 24.5 Å². The highest BCUT2D eigenvalue weighted by Crippen LogP contribution is 2.42. The molecule has 9 heteroatoms. The van der Waals surface area contributed by atoms with Gasteiger partial charge in [0.1, 0.15) is 11.5 Å². The summed E-state index contributed by atoms with van der Waals surface area (Å²) < 4.78 is 15.4. The van der Waals surface area contributed by atoms with Gasteiger partial charge in [0.25, 0.3) is 0 Å². The number of benzene rings is 2. The van der Waals surface area contributed by atoms with E-state index in [9.17, 15) is 0 Å². The molecule has 2 heterocycles. The highest BCUT2D eigenvalue weighted by Gasteiger charge is 2.35. The van der Waals surface area contributed by atoms with Crippen molar-refractivity contribution in [2.45, 2.75) is 0 Å². The molecule has 0 aliphatic carbocycles. The van der Waals surface area contributed by atoms with Crippen molar-refractivity contribution in [3.8, 4) is 11.5 Å². The minimum Gasteiger partial charge on any atom is -0.497 e. The minimum atomic E-state index is 0.305. The van der Waals surface area contributed by atoms with Gasteiger partial charge in [0.2, 0.25) is 11.6 Å². The Morgan fingerprint density at radius 2 is 1.07 bits per heavy atom. The van der Waals surface area contributed by atoms with E-state index in [1.165, 1.54) is 0 Å². The summed E-state index contributed by atoms with van der Waals surface area (Å²) in [7, 11) is 3.21. The smallest absolute Gasteiger partial charge is 0.229 e. The number of aromatic nitrogens is 2. The lowest BCUT2D eigenvalue weighted by Gasteiger charge is -2.34. The molecule has 1 aliphatic rings. The van der Waals surface area contributed by atoms with Gasteiger partial charge in [0, 0.05) is 11.4 Å². The fraction of sp³-hybridized carbons (Fsp3) is 0.111. The van der Waals surface area contributed by atoms with Crippen molar-refractivity contribution in [2.24, 2.45) is 11.5 Å². The van der Waals surface area contributed by atoms with Crippen molar-refractivity contribution >= 4 is 23.0 Å². The van der Waals surface area contributed by atoms with Gasteiger partial charge in [0.05, 0.1) is 14.2 Å². The number of fused-ring (bicyclic) bond motifs is 1. The fourth-order valence-electron chi connectivity index (χ4n) is 2.90. The molecule has 27 heavy (non-hydrogen) atoms. The van der Waals surface area contributed by atoms with E-state index in [1.807, 2.05) is 48.5 Å². The molecule has 0 saturated heterocycles. The van der Waals surface area contributed by atoms with E-state index >= 15 is 0 Å². The number of hydrogen-bond donors (Lipinski definition) is 2. The normalized spacial score (nSPS) is 13.6. The second-order valence-corrected chi connectivity index (χ2v) is 5.75. The molecular formula is C18H18N6O3. The molecular weight excluding hydrogens is 348 g/mol. The van der Waals surface area contributed by atoms with Gasteiger partial charge in [-0.3, -0.25) is 9.80 Å². The lowest BCUT2D eigenvalue weighted by atomic mass is 10.2. The number of nitrogens with two attached hydrogens (primary N) is 2. The molecule has 0 bridgehead atoms. The maximum absolute atomic E-state index is 6.36. The molecule has 2 aromatic carbocycles. The van der Waals surface area contributed by atoms with Crippen LogP contribution in [0.1, 0.15) is 0 Å². The Bertz CT molecular complexity index is 903. The number of ether oxygens (including phenoxy) is 2. The molecule has 4 rings (SSSR count). The number of nitrogens with zero attached hydrogens (tertiary/aromatic N) is 4. The number of anilines is 4. The Kier molecular flexibility index (Phi) is 3.96. The van der Waals surface area contributed by atoms with Crippen LogP contribution >= 0.6 is 0 Å². The zero-order valence-electron chi connectivity index (χ0n) is 14.8. The summed E-state index contributed by atoms with van der Waals surface area (Å²) in [5.41, 5.74) is 14.2. The highest BCUT2D eigenvalue weighted by atomic mass is 16.6. The maximum atomic E-state index is 6.36. The Morgan fingerprint density at radius 3 is 1.41 bits per heavy atom. The molecule has 1 aliphatic heterocycles. The molecule has 0 radical (unpaired) electrons. The van der Waals surface area contributed by atoms with E-state index in [-0.39, 0.29) is 0 Å². The lowest BCUT2D eigenvalue weighted by molar-refractivity contribution is 0.309. The standard InChI is InChI=1S/C18H18N6O3/c1-25-13-7-3-11(4-8-13)23-15(19)16(20)24(18-17(23)21-27-22-18)12-5-9-14(26-2)10-6-12/h3-10H,19-20H2,1-2H3. The van der Waals surface area contributed by atoms with Gasteiger partial charge in [0.15, 0.2) is 11.6 Å². The van der Waals surface area contributed by atoms with Crippen LogP contribution in [0.3, 0.4) is 0 Å². The van der Waals surface area contributed by atoms with E-state index in [1.54, 1.807) is 24.0 Å². The second-order valence-electron chi connectivity index (χ2n) is 5.75. The molecule has 0 saturated carbocycles. The van der Waals surface area contributed by atoms with Crippen LogP contribution in [0.4, 0.5) is 23.0 Å². The second kappa shape index (κ2) is 6.45. The van der Waals surface area contributed by atoms with E-state index in [2.05, 4.69) is 10.3 Å². The Morgan fingerprint density at radius 1 is 0.704 bits per heavy atom. The van der Waals surface area contributed by atoms with E-state index < -0.39 is 0 Å². The third-order valence-electron chi connectivity index (χ3n) is 4.28. The first-order valence-electron chi connectivity index (χ1n) is 8.10. The summed E-state index contributed by atoms with van der Waals surface area (Å²) in [6.45, 7) is 0. The molecule has 138 valence electrons. The summed E-state index contributed by atoms with van der Waals surface area (Å²) in [6.07, 6.45) is 0. The van der Waals surface area contributed by atoms with Crippen LogP contribution in [-0.2, 0) is 0 Å². The first kappa shape index (κ1) is 16.6. The quantitative estimate of drug-likeness (QED) is 0.718. The van der Waals surface area contributed by atoms with Gasteiger partial charge in [-0.25, -0.2) is 4.63 Å². The summed E-state index contributed by atoms with van der Waals surface area (Å²) in [5.74, 6) is 2.93. The summed E-state index contributed by atoms with van der Waals surface area (Å²) in [6, 6.07) is 14.7. The zero-order chi connectivity index (χ0) is 19.0. The van der Waals surface area contributed by atoms with Crippen LogP contribution in [0.15, 0.2) is 64.8 Å². The van der Waals surface area contributed by atoms with E-state index in [0.717, 1.165) is 22.9 Å². The van der Waals surface area contributed by atoms with Gasteiger partial charge < -0.3 is 20.9 Å². The molecule has 1 aromatic heterocycles. The SMILES string of the molecule is COc1ccc(N2C(N)=C(N)N(c3ccc(OC)cc3)c3nonc32)cc1. The van der Waals surface area contributed by atoms with Crippen molar-refractivity contribution in [3.63, 3.8) is 0 Å². The molecule has 0 spiro atoms. The monoisotopic (exact) mass is 366 g/mol. The Labute approximate surface area is 155 Å².